The third-order valence-corrected chi connectivity index (χ3v) is 2.53. The molecule has 0 fully saturated rings. The molecule has 0 aromatic rings. The monoisotopic (exact) mass is 215 g/mol. The zero-order chi connectivity index (χ0) is 12.2. The lowest BCUT2D eigenvalue weighted by atomic mass is 10.2. The summed E-state index contributed by atoms with van der Waals surface area (Å²) in [6, 6.07) is -0.698. The van der Waals surface area contributed by atoms with Crippen LogP contribution in [-0.4, -0.2) is 61.9 Å². The van der Waals surface area contributed by atoms with Gasteiger partial charge in [-0.1, -0.05) is 0 Å². The molecule has 0 radical (unpaired) electrons. The fraction of sp³-hybridized carbons (Fsp3) is 0.800. The summed E-state index contributed by atoms with van der Waals surface area (Å²) in [5, 5.41) is 2.85. The van der Waals surface area contributed by atoms with Crippen LogP contribution in [0.4, 0.5) is 0 Å². The van der Waals surface area contributed by atoms with Crippen LogP contribution < -0.4 is 5.32 Å². The molecule has 88 valence electrons. The van der Waals surface area contributed by atoms with E-state index in [1.807, 2.05) is 0 Å². The van der Waals surface area contributed by atoms with E-state index in [1.54, 1.807) is 42.0 Å². The van der Waals surface area contributed by atoms with Gasteiger partial charge in [-0.3, -0.25) is 9.59 Å². The third kappa shape index (κ3) is 3.51. The Morgan fingerprint density at radius 1 is 1.07 bits per heavy atom. The van der Waals surface area contributed by atoms with Crippen molar-refractivity contribution in [3.05, 3.63) is 0 Å². The van der Waals surface area contributed by atoms with Gasteiger partial charge in [0.05, 0.1) is 6.04 Å². The highest BCUT2D eigenvalue weighted by atomic mass is 16.2. The molecule has 0 aliphatic heterocycles. The van der Waals surface area contributed by atoms with Crippen molar-refractivity contribution in [2.24, 2.45) is 0 Å². The molecule has 0 aromatic carbocycles. The third-order valence-electron chi connectivity index (χ3n) is 2.53. The van der Waals surface area contributed by atoms with E-state index in [0.717, 1.165) is 0 Å². The number of likely N-dealkylation sites (N-methyl/N-ethyl adjacent to an activating group) is 3. The average Bonchev–Trinajstić information content (AvgIpc) is 2.23. The summed E-state index contributed by atoms with van der Waals surface area (Å²) in [6.45, 7) is 3.49. The molecule has 5 nitrogen and oxygen atoms in total. The maximum absolute atomic E-state index is 11.7. The number of hydrogen-bond acceptors (Lipinski definition) is 3. The van der Waals surface area contributed by atoms with Gasteiger partial charge in [0, 0.05) is 21.1 Å². The first kappa shape index (κ1) is 13.9. The highest BCUT2D eigenvalue weighted by molar-refractivity contribution is 5.89. The van der Waals surface area contributed by atoms with Crippen LogP contribution in [0.5, 0.6) is 0 Å². The van der Waals surface area contributed by atoms with Gasteiger partial charge in [0.25, 0.3) is 0 Å². The quantitative estimate of drug-likeness (QED) is 0.690. The highest BCUT2D eigenvalue weighted by Gasteiger charge is 2.25. The first-order valence-corrected chi connectivity index (χ1v) is 4.98. The number of hydrogen-bond donors (Lipinski definition) is 1. The van der Waals surface area contributed by atoms with Gasteiger partial charge in [-0.25, -0.2) is 0 Å². The normalized spacial score (nSPS) is 14.3. The van der Waals surface area contributed by atoms with Crippen molar-refractivity contribution in [3.63, 3.8) is 0 Å². The molecule has 0 aliphatic rings. The lowest BCUT2D eigenvalue weighted by Gasteiger charge is -2.28. The van der Waals surface area contributed by atoms with Crippen LogP contribution in [0.1, 0.15) is 13.8 Å². The first-order valence-electron chi connectivity index (χ1n) is 4.98. The molecule has 0 saturated carbocycles. The summed E-state index contributed by atoms with van der Waals surface area (Å²) < 4.78 is 0. The number of nitrogens with zero attached hydrogens (tertiary/aromatic N) is 2. The Balaban J connectivity index is 4.50. The molecule has 15 heavy (non-hydrogen) atoms. The van der Waals surface area contributed by atoms with Crippen molar-refractivity contribution < 1.29 is 9.59 Å². The molecule has 1 N–H and O–H groups in total. The Hall–Kier alpha value is -1.10. The molecule has 0 aromatic heterocycles. The van der Waals surface area contributed by atoms with Gasteiger partial charge in [-0.15, -0.1) is 0 Å². The second kappa shape index (κ2) is 5.70. The number of rotatable bonds is 4. The molecular weight excluding hydrogens is 194 g/mol. The lowest BCUT2D eigenvalue weighted by molar-refractivity contribution is -0.143. The smallest absolute Gasteiger partial charge is 0.244 e. The molecule has 5 heteroatoms. The Kier molecular flexibility index (Phi) is 5.28. The minimum atomic E-state index is -0.428. The average molecular weight is 215 g/mol. The molecule has 0 saturated heterocycles. The predicted octanol–water partition coefficient (Wildman–Crippen LogP) is -0.471. The van der Waals surface area contributed by atoms with Crippen LogP contribution in [0.2, 0.25) is 0 Å². The summed E-state index contributed by atoms with van der Waals surface area (Å²) in [5.41, 5.74) is 0. The molecule has 2 unspecified atom stereocenters. The Morgan fingerprint density at radius 3 is 1.87 bits per heavy atom. The van der Waals surface area contributed by atoms with Gasteiger partial charge in [-0.05, 0) is 20.9 Å². The zero-order valence-electron chi connectivity index (χ0n) is 10.4. The highest BCUT2D eigenvalue weighted by Crippen LogP contribution is 2.02. The van der Waals surface area contributed by atoms with Crippen LogP contribution in [0.15, 0.2) is 0 Å². The van der Waals surface area contributed by atoms with Crippen LogP contribution in [0, 0.1) is 0 Å². The predicted molar refractivity (Wildman–Crippen MR) is 59.4 cm³/mol. The minimum absolute atomic E-state index is 0.0749. The fourth-order valence-electron chi connectivity index (χ4n) is 1.16. The van der Waals surface area contributed by atoms with Gasteiger partial charge in [0.1, 0.15) is 6.04 Å². The van der Waals surface area contributed by atoms with Crippen LogP contribution in [-0.2, 0) is 9.59 Å². The van der Waals surface area contributed by atoms with Gasteiger partial charge in [0.15, 0.2) is 0 Å². The number of nitrogens with one attached hydrogen (secondary N) is 1. The van der Waals surface area contributed by atoms with Crippen LogP contribution in [0.25, 0.3) is 0 Å². The summed E-state index contributed by atoms with van der Waals surface area (Å²) in [7, 11) is 6.72. The van der Waals surface area contributed by atoms with Gasteiger partial charge in [-0.2, -0.15) is 0 Å². The molecule has 0 bridgehead atoms. The molecule has 2 atom stereocenters. The second-order valence-electron chi connectivity index (χ2n) is 3.87. The molecule has 0 rings (SSSR count). The first-order chi connectivity index (χ1) is 6.82. The van der Waals surface area contributed by atoms with E-state index in [0.29, 0.717) is 0 Å². The summed E-state index contributed by atoms with van der Waals surface area (Å²) in [5.74, 6) is -0.158. The summed E-state index contributed by atoms with van der Waals surface area (Å²) in [4.78, 5) is 26.3. The summed E-state index contributed by atoms with van der Waals surface area (Å²) >= 11 is 0. The molecule has 0 aliphatic carbocycles. The van der Waals surface area contributed by atoms with E-state index in [9.17, 15) is 9.59 Å². The van der Waals surface area contributed by atoms with Gasteiger partial charge >= 0.3 is 0 Å². The van der Waals surface area contributed by atoms with Crippen molar-refractivity contribution >= 4 is 11.8 Å². The Morgan fingerprint density at radius 2 is 1.53 bits per heavy atom. The van der Waals surface area contributed by atoms with Crippen LogP contribution >= 0.6 is 0 Å². The molecule has 2 amide bonds. The van der Waals surface area contributed by atoms with Crippen molar-refractivity contribution in [1.82, 2.24) is 15.1 Å². The van der Waals surface area contributed by atoms with E-state index in [4.69, 9.17) is 0 Å². The largest absolute Gasteiger partial charge is 0.347 e. The van der Waals surface area contributed by atoms with E-state index in [-0.39, 0.29) is 17.9 Å². The van der Waals surface area contributed by atoms with E-state index in [1.165, 1.54) is 9.80 Å². The fourth-order valence-corrected chi connectivity index (χ4v) is 1.16. The lowest BCUT2D eigenvalue weighted by Crippen LogP contribution is -2.50. The molecule has 0 spiro atoms. The molecule has 0 heterocycles. The maximum Gasteiger partial charge on any atom is 0.244 e. The zero-order valence-corrected chi connectivity index (χ0v) is 10.4. The maximum atomic E-state index is 11.7. The van der Waals surface area contributed by atoms with Crippen molar-refractivity contribution in [3.8, 4) is 0 Å². The SMILES string of the molecule is CNC(C)C(=O)N(C)C(C)C(=O)N(C)C. The van der Waals surface area contributed by atoms with Crippen molar-refractivity contribution in [1.29, 1.82) is 0 Å². The number of carbonyl (C=O) groups excluding carboxylic acids is 2. The Bertz CT molecular complexity index is 241. The van der Waals surface area contributed by atoms with Crippen molar-refractivity contribution in [2.45, 2.75) is 25.9 Å². The topological polar surface area (TPSA) is 52.7 Å². The van der Waals surface area contributed by atoms with E-state index < -0.39 is 6.04 Å². The summed E-state index contributed by atoms with van der Waals surface area (Å²) in [6.07, 6.45) is 0. The van der Waals surface area contributed by atoms with Gasteiger partial charge < -0.3 is 15.1 Å². The van der Waals surface area contributed by atoms with Gasteiger partial charge in [0.2, 0.25) is 11.8 Å². The number of carbonyl (C=O) groups is 2. The Labute approximate surface area is 91.4 Å². The number of amides is 2. The van der Waals surface area contributed by atoms with Crippen molar-refractivity contribution in [2.75, 3.05) is 28.2 Å². The van der Waals surface area contributed by atoms with E-state index >= 15 is 0 Å². The minimum Gasteiger partial charge on any atom is -0.347 e. The second-order valence-corrected chi connectivity index (χ2v) is 3.87. The molecular formula is C10H21N3O2. The van der Waals surface area contributed by atoms with E-state index in [2.05, 4.69) is 5.32 Å². The van der Waals surface area contributed by atoms with Crippen LogP contribution in [0.3, 0.4) is 0 Å². The standard InChI is InChI=1S/C10H21N3O2/c1-7(11-3)9(14)13(6)8(2)10(15)12(4)5/h7-8,11H,1-6H3.